The van der Waals surface area contributed by atoms with Crippen LogP contribution in [0.2, 0.25) is 0 Å². The third-order valence-electron chi connectivity index (χ3n) is 17.6. The number of nitrogens with zero attached hydrogens (tertiary/aromatic N) is 1. The predicted octanol–water partition coefficient (Wildman–Crippen LogP) is 18.5. The van der Waals surface area contributed by atoms with E-state index in [1.807, 2.05) is 11.8 Å². The van der Waals surface area contributed by atoms with Gasteiger partial charge in [-0.2, -0.15) is 0 Å². The zero-order valence-corrected chi connectivity index (χ0v) is 40.9. The van der Waals surface area contributed by atoms with E-state index in [-0.39, 0.29) is 0 Å². The summed E-state index contributed by atoms with van der Waals surface area (Å²) in [6, 6.07) is 77.1. The van der Waals surface area contributed by atoms with Crippen LogP contribution in [-0.2, 0) is 10.8 Å². The van der Waals surface area contributed by atoms with Gasteiger partial charge in [0.25, 0.3) is 0 Å². The standard InChI is InChI=1S/C68H55NOS/c1-4-18-44(19-5-1)46-32-38-63-61(40-46)68(62-41-47(33-39-64(62)70-63)45-20-6-2-7-21-45)56-27-13-11-25-52(56)54-37-35-50(43-60(54)68)69(48-22-8-3-9-23-48)49-34-36-53-51-24-10-12-26-55(51)67(59(53)42-49)57-28-14-16-30-65(57)71-66-31-17-15-29-58(66)67/h3,8-17,22-45H,1-2,4-7,18-21H2. The molecule has 4 aliphatic carbocycles. The Morgan fingerprint density at radius 2 is 0.761 bits per heavy atom. The van der Waals surface area contributed by atoms with Crippen molar-refractivity contribution in [1.29, 1.82) is 0 Å². The number of fused-ring (bicyclic) bond motifs is 18. The molecule has 9 aromatic rings. The lowest BCUT2D eigenvalue weighted by Gasteiger charge is -2.41. The van der Waals surface area contributed by atoms with Gasteiger partial charge in [-0.05, 0) is 165 Å². The number of hydrogen-bond donors (Lipinski definition) is 0. The zero-order chi connectivity index (χ0) is 46.7. The first kappa shape index (κ1) is 41.7. The summed E-state index contributed by atoms with van der Waals surface area (Å²) in [5, 5.41) is 0. The summed E-state index contributed by atoms with van der Waals surface area (Å²) in [7, 11) is 0. The Hall–Kier alpha value is -7.07. The van der Waals surface area contributed by atoms with Crippen LogP contribution in [0.4, 0.5) is 17.1 Å². The van der Waals surface area contributed by atoms with Gasteiger partial charge in [0.2, 0.25) is 0 Å². The Balaban J connectivity index is 0.984. The Kier molecular flexibility index (Phi) is 9.53. The van der Waals surface area contributed by atoms with Crippen molar-refractivity contribution in [3.63, 3.8) is 0 Å². The molecule has 0 radical (unpaired) electrons. The van der Waals surface area contributed by atoms with E-state index >= 15 is 0 Å². The van der Waals surface area contributed by atoms with Crippen molar-refractivity contribution in [3.05, 3.63) is 256 Å². The number of rotatable bonds is 5. The van der Waals surface area contributed by atoms with Gasteiger partial charge in [0.05, 0.1) is 10.8 Å². The van der Waals surface area contributed by atoms with E-state index in [0.717, 1.165) is 28.6 Å². The van der Waals surface area contributed by atoms with Crippen LogP contribution in [0, 0.1) is 0 Å². The van der Waals surface area contributed by atoms with Gasteiger partial charge in [0.1, 0.15) is 11.5 Å². The summed E-state index contributed by atoms with van der Waals surface area (Å²) in [5.74, 6) is 3.08. The second kappa shape index (κ2) is 16.2. The van der Waals surface area contributed by atoms with Crippen molar-refractivity contribution >= 4 is 28.8 Å². The summed E-state index contributed by atoms with van der Waals surface area (Å²) in [4.78, 5) is 5.16. The smallest absolute Gasteiger partial charge is 0.132 e. The van der Waals surface area contributed by atoms with Gasteiger partial charge in [-0.1, -0.05) is 190 Å². The van der Waals surface area contributed by atoms with E-state index in [1.54, 1.807) is 0 Å². The molecule has 71 heavy (non-hydrogen) atoms. The molecule has 2 spiro atoms. The molecule has 0 atom stereocenters. The fraction of sp³-hybridized carbons (Fsp3) is 0.206. The molecule has 15 rings (SSSR count). The lowest BCUT2D eigenvalue weighted by molar-refractivity contribution is 0.424. The first-order valence-electron chi connectivity index (χ1n) is 26.4. The van der Waals surface area contributed by atoms with E-state index in [4.69, 9.17) is 4.74 Å². The fourth-order valence-corrected chi connectivity index (χ4v) is 15.7. The molecule has 2 heterocycles. The molecule has 2 aliphatic heterocycles. The van der Waals surface area contributed by atoms with Gasteiger partial charge in [-0.15, -0.1) is 0 Å². The Morgan fingerprint density at radius 1 is 0.338 bits per heavy atom. The average molecular weight is 934 g/mol. The number of anilines is 3. The molecule has 0 unspecified atom stereocenters. The molecule has 0 N–H and O–H groups in total. The minimum Gasteiger partial charge on any atom is -0.457 e. The molecule has 0 bridgehead atoms. The van der Waals surface area contributed by atoms with Crippen molar-refractivity contribution in [3.8, 4) is 33.8 Å². The van der Waals surface area contributed by atoms with Gasteiger partial charge < -0.3 is 9.64 Å². The number of para-hydroxylation sites is 1. The van der Waals surface area contributed by atoms with E-state index in [1.165, 1.54) is 152 Å². The largest absolute Gasteiger partial charge is 0.457 e. The maximum absolute atomic E-state index is 7.16. The summed E-state index contributed by atoms with van der Waals surface area (Å²) >= 11 is 1.90. The normalized spacial score (nSPS) is 17.5. The Labute approximate surface area is 422 Å². The minimum absolute atomic E-state index is 0.478. The van der Waals surface area contributed by atoms with E-state index in [0.29, 0.717) is 11.8 Å². The van der Waals surface area contributed by atoms with Crippen LogP contribution in [0.3, 0.4) is 0 Å². The summed E-state index contributed by atoms with van der Waals surface area (Å²) in [5.41, 5.74) is 21.2. The van der Waals surface area contributed by atoms with Crippen molar-refractivity contribution in [2.24, 2.45) is 0 Å². The molecule has 9 aromatic carbocycles. The summed E-state index contributed by atoms with van der Waals surface area (Å²) in [6.45, 7) is 0. The molecule has 344 valence electrons. The van der Waals surface area contributed by atoms with E-state index in [2.05, 4.69) is 205 Å². The van der Waals surface area contributed by atoms with Gasteiger partial charge in [0, 0.05) is 38.0 Å². The van der Waals surface area contributed by atoms with Crippen LogP contribution >= 0.6 is 11.8 Å². The first-order chi connectivity index (χ1) is 35.2. The van der Waals surface area contributed by atoms with Crippen molar-refractivity contribution < 1.29 is 4.74 Å². The zero-order valence-electron chi connectivity index (χ0n) is 40.0. The van der Waals surface area contributed by atoms with Crippen molar-refractivity contribution in [1.82, 2.24) is 0 Å². The molecule has 2 fully saturated rings. The molecule has 3 heteroatoms. The maximum Gasteiger partial charge on any atom is 0.132 e. The lowest BCUT2D eigenvalue weighted by Crippen LogP contribution is -2.33. The van der Waals surface area contributed by atoms with Crippen LogP contribution in [0.1, 0.15) is 132 Å². The van der Waals surface area contributed by atoms with Gasteiger partial charge in [-0.25, -0.2) is 0 Å². The molecular weight excluding hydrogens is 879 g/mol. The molecule has 2 nitrogen and oxygen atoms in total. The van der Waals surface area contributed by atoms with Crippen LogP contribution in [0.5, 0.6) is 11.5 Å². The lowest BCUT2D eigenvalue weighted by atomic mass is 9.64. The van der Waals surface area contributed by atoms with Crippen molar-refractivity contribution in [2.45, 2.75) is 96.7 Å². The van der Waals surface area contributed by atoms with Gasteiger partial charge >= 0.3 is 0 Å². The van der Waals surface area contributed by atoms with Crippen LogP contribution in [0.25, 0.3) is 22.3 Å². The molecule has 6 aliphatic rings. The third-order valence-corrected chi connectivity index (χ3v) is 18.7. The van der Waals surface area contributed by atoms with E-state index < -0.39 is 10.8 Å². The monoisotopic (exact) mass is 933 g/mol. The van der Waals surface area contributed by atoms with Gasteiger partial charge in [0.15, 0.2) is 0 Å². The number of benzene rings is 9. The van der Waals surface area contributed by atoms with Crippen LogP contribution in [0.15, 0.2) is 210 Å². The highest BCUT2D eigenvalue weighted by atomic mass is 32.2. The van der Waals surface area contributed by atoms with Crippen LogP contribution < -0.4 is 9.64 Å². The molecule has 0 aromatic heterocycles. The third kappa shape index (κ3) is 6.02. The molecule has 0 saturated heterocycles. The topological polar surface area (TPSA) is 12.5 Å². The second-order valence-electron chi connectivity index (χ2n) is 21.1. The highest BCUT2D eigenvalue weighted by Gasteiger charge is 2.53. The highest BCUT2D eigenvalue weighted by Crippen LogP contribution is 2.65. The molecular formula is C68H55NOS. The molecule has 2 saturated carbocycles. The summed E-state index contributed by atoms with van der Waals surface area (Å²) in [6.07, 6.45) is 12.9. The van der Waals surface area contributed by atoms with Crippen molar-refractivity contribution in [2.75, 3.05) is 4.90 Å². The highest BCUT2D eigenvalue weighted by molar-refractivity contribution is 7.99. The second-order valence-corrected chi connectivity index (χ2v) is 22.2. The van der Waals surface area contributed by atoms with E-state index in [9.17, 15) is 0 Å². The Bertz CT molecular complexity index is 3480. The molecule has 0 amide bonds. The summed E-state index contributed by atoms with van der Waals surface area (Å²) < 4.78 is 7.16. The predicted molar refractivity (Wildman–Crippen MR) is 292 cm³/mol. The SMILES string of the molecule is c1ccc(N(c2ccc3c(c2)C2(c4cc(C5CCCCC5)ccc4Oc4ccc(C5CCCCC5)cc42)c2ccccc2-3)c2ccc3c(c2)C2(c4ccccc4Sc4ccccc42)c2ccccc2-3)cc1. The van der Waals surface area contributed by atoms with Crippen LogP contribution in [-0.4, -0.2) is 0 Å². The quantitative estimate of drug-likeness (QED) is 0.171. The fourth-order valence-electron chi connectivity index (χ4n) is 14.5. The number of ether oxygens (including phenoxy) is 1. The average Bonchev–Trinajstić information content (AvgIpc) is 3.89. The Morgan fingerprint density at radius 3 is 1.27 bits per heavy atom. The first-order valence-corrected chi connectivity index (χ1v) is 27.2. The number of hydrogen-bond acceptors (Lipinski definition) is 3. The van der Waals surface area contributed by atoms with Gasteiger partial charge in [-0.3, -0.25) is 0 Å². The minimum atomic E-state index is -0.584. The maximum atomic E-state index is 7.16.